The van der Waals surface area contributed by atoms with Gasteiger partial charge in [-0.1, -0.05) is 24.3 Å². The number of aromatic hydroxyl groups is 1. The van der Waals surface area contributed by atoms with Crippen molar-refractivity contribution in [3.63, 3.8) is 0 Å². The number of rotatable bonds is 3. The molecule has 0 amide bonds. The van der Waals surface area contributed by atoms with Gasteiger partial charge in [0, 0.05) is 38.2 Å². The van der Waals surface area contributed by atoms with E-state index in [4.69, 9.17) is 35.0 Å². The van der Waals surface area contributed by atoms with Crippen LogP contribution in [-0.2, 0) is 21.1 Å². The molecule has 0 aliphatic heterocycles. The predicted molar refractivity (Wildman–Crippen MR) is 205 cm³/mol. The first-order chi connectivity index (χ1) is 25.0. The van der Waals surface area contributed by atoms with Gasteiger partial charge in [-0.3, -0.25) is 14.4 Å². The fraction of sp³-hybridized carbons (Fsp3) is 0.256. The molecular weight excluding hydrogens is 702 g/mol. The molecule has 0 radical (unpaired) electrons. The van der Waals surface area contributed by atoms with Gasteiger partial charge in [-0.15, -0.1) is 0 Å². The highest BCUT2D eigenvalue weighted by molar-refractivity contribution is 6.28. The minimum Gasteiger partial charge on any atom is -0.503 e. The zero-order chi connectivity index (χ0) is 39.1. The van der Waals surface area contributed by atoms with Crippen molar-refractivity contribution in [3.05, 3.63) is 137 Å². The second-order valence-electron chi connectivity index (χ2n) is 12.1. The van der Waals surface area contributed by atoms with Gasteiger partial charge in [0.25, 0.3) is 22.0 Å². The first-order valence-corrected chi connectivity index (χ1v) is 16.7. The first-order valence-electron chi connectivity index (χ1n) is 16.3. The predicted octanol–water partition coefficient (Wildman–Crippen LogP) is 7.14. The quantitative estimate of drug-likeness (QED) is 0.197. The molecule has 5 aromatic heterocycles. The first kappa shape index (κ1) is 39.7. The lowest BCUT2D eigenvalue weighted by Crippen LogP contribution is -2.21. The Bertz CT molecular complexity index is 2510. The number of methoxy groups -OCH3 is 1. The van der Waals surface area contributed by atoms with E-state index in [0.717, 1.165) is 44.9 Å². The molecule has 278 valence electrons. The number of oxazole rings is 2. The molecule has 2 aromatic carbocycles. The van der Waals surface area contributed by atoms with Crippen LogP contribution < -0.4 is 26.2 Å². The van der Waals surface area contributed by atoms with Crippen molar-refractivity contribution in [1.82, 2.24) is 23.7 Å². The van der Waals surface area contributed by atoms with Gasteiger partial charge in [-0.2, -0.15) is 9.97 Å². The summed E-state index contributed by atoms with van der Waals surface area (Å²) in [4.78, 5) is 42.7. The van der Waals surface area contributed by atoms with Crippen LogP contribution in [0, 0.1) is 41.5 Å². The summed E-state index contributed by atoms with van der Waals surface area (Å²) in [6.07, 6.45) is 0.0755. The summed E-state index contributed by atoms with van der Waals surface area (Å²) < 4.78 is 25.5. The third-order valence-electron chi connectivity index (χ3n) is 8.78. The van der Waals surface area contributed by atoms with E-state index in [9.17, 15) is 14.4 Å². The number of nitrogens with zero attached hydrogens (tertiary/aromatic N) is 5. The van der Waals surface area contributed by atoms with E-state index in [0.29, 0.717) is 16.8 Å². The van der Waals surface area contributed by atoms with Crippen molar-refractivity contribution in [2.45, 2.75) is 41.5 Å². The van der Waals surface area contributed by atoms with Crippen LogP contribution >= 0.6 is 11.6 Å². The standard InChI is InChI=1S/C15H14N2O3.C9H13NO2.C8H11NO2.C7H4ClNO/c1-9-8-13(14(18)17(3)10(9)2)20-15-16-11-6-4-5-7-12(11)19-15;1-6-5-8(12-4)9(11)10(3)7(6)2;1-5-4-7(10)8(11)9(3)6(5)2;8-7-9-5-3-1-2-4-6(5)10-7/h4-8H,1-3H3;5H,1-4H3;4,10H,1-3H3;1-4H. The summed E-state index contributed by atoms with van der Waals surface area (Å²) in [6, 6.07) is 19.7. The van der Waals surface area contributed by atoms with Crippen LogP contribution in [0.5, 0.6) is 23.3 Å². The molecular formula is C39H42ClN5O8. The lowest BCUT2D eigenvalue weighted by molar-refractivity contribution is 0.337. The average molecular weight is 744 g/mol. The topological polar surface area (TPSA) is 157 Å². The molecule has 7 aromatic rings. The Kier molecular flexibility index (Phi) is 12.7. The van der Waals surface area contributed by atoms with Gasteiger partial charge in [-0.25, -0.2) is 0 Å². The molecule has 14 heteroatoms. The van der Waals surface area contributed by atoms with Crippen molar-refractivity contribution in [2.75, 3.05) is 7.11 Å². The fourth-order valence-corrected chi connectivity index (χ4v) is 5.08. The average Bonchev–Trinajstić information content (AvgIpc) is 3.74. The van der Waals surface area contributed by atoms with E-state index in [1.165, 1.54) is 17.7 Å². The summed E-state index contributed by atoms with van der Waals surface area (Å²) >= 11 is 5.51. The lowest BCUT2D eigenvalue weighted by Gasteiger charge is -2.09. The largest absolute Gasteiger partial charge is 0.503 e. The Balaban J connectivity index is 0.000000165. The molecule has 0 bridgehead atoms. The summed E-state index contributed by atoms with van der Waals surface area (Å²) in [5.41, 5.74) is 7.93. The second-order valence-corrected chi connectivity index (χ2v) is 12.5. The van der Waals surface area contributed by atoms with Crippen LogP contribution in [0.2, 0.25) is 5.35 Å². The lowest BCUT2D eigenvalue weighted by atomic mass is 10.2. The summed E-state index contributed by atoms with van der Waals surface area (Å²) in [5, 5.41) is 9.27. The maximum atomic E-state index is 12.1. The van der Waals surface area contributed by atoms with E-state index in [1.54, 1.807) is 48.5 Å². The van der Waals surface area contributed by atoms with Crippen LogP contribution in [0.4, 0.5) is 0 Å². The van der Waals surface area contributed by atoms with Crippen molar-refractivity contribution in [3.8, 4) is 23.3 Å². The highest BCUT2D eigenvalue weighted by Gasteiger charge is 2.13. The van der Waals surface area contributed by atoms with Crippen LogP contribution in [-0.4, -0.2) is 35.9 Å². The fourth-order valence-electron chi connectivity index (χ4n) is 4.90. The zero-order valence-electron chi connectivity index (χ0n) is 31.3. The Labute approximate surface area is 310 Å². The van der Waals surface area contributed by atoms with E-state index < -0.39 is 0 Å². The molecule has 53 heavy (non-hydrogen) atoms. The van der Waals surface area contributed by atoms with Gasteiger partial charge in [0.15, 0.2) is 28.4 Å². The van der Waals surface area contributed by atoms with E-state index in [2.05, 4.69) is 9.97 Å². The zero-order valence-corrected chi connectivity index (χ0v) is 32.0. The number of para-hydroxylation sites is 4. The smallest absolute Gasteiger partial charge is 0.400 e. The van der Waals surface area contributed by atoms with E-state index >= 15 is 0 Å². The molecule has 0 unspecified atom stereocenters. The summed E-state index contributed by atoms with van der Waals surface area (Å²) in [5.74, 6) is 0.429. The number of hydrogen-bond acceptors (Lipinski definition) is 10. The number of hydrogen-bond donors (Lipinski definition) is 1. The van der Waals surface area contributed by atoms with Gasteiger partial charge in [0.2, 0.25) is 0 Å². The Morgan fingerprint density at radius 2 is 1.06 bits per heavy atom. The number of ether oxygens (including phenoxy) is 2. The maximum absolute atomic E-state index is 12.1. The summed E-state index contributed by atoms with van der Waals surface area (Å²) in [7, 11) is 6.60. The van der Waals surface area contributed by atoms with Gasteiger partial charge in [-0.05, 0) is 112 Å². The minimum absolute atomic E-state index is 0.0755. The second kappa shape index (κ2) is 17.0. The van der Waals surface area contributed by atoms with Crippen LogP contribution in [0.25, 0.3) is 22.2 Å². The molecule has 0 saturated heterocycles. The Morgan fingerprint density at radius 3 is 1.57 bits per heavy atom. The SMILES string of the molecule is COc1cc(C)c(C)n(C)c1=O.Cc1cc(O)c(=O)n(C)c1C.Cc1cc(Oc2nc3ccccc3o2)c(=O)n(C)c1C.Clc1nc2ccccc2o1. The number of benzene rings is 2. The van der Waals surface area contributed by atoms with Crippen LogP contribution in [0.1, 0.15) is 33.8 Å². The number of aryl methyl sites for hydroxylation is 3. The third kappa shape index (κ3) is 9.24. The van der Waals surface area contributed by atoms with Crippen molar-refractivity contribution >= 4 is 33.8 Å². The van der Waals surface area contributed by atoms with Gasteiger partial charge >= 0.3 is 6.08 Å². The van der Waals surface area contributed by atoms with Crippen molar-refractivity contribution in [2.24, 2.45) is 21.1 Å². The third-order valence-corrected chi connectivity index (χ3v) is 8.95. The van der Waals surface area contributed by atoms with Gasteiger partial charge in [0.1, 0.15) is 11.0 Å². The van der Waals surface area contributed by atoms with E-state index in [-0.39, 0.29) is 39.6 Å². The molecule has 0 aliphatic rings. The molecule has 0 atom stereocenters. The molecule has 0 aliphatic carbocycles. The van der Waals surface area contributed by atoms with Crippen LogP contribution in [0.15, 0.2) is 89.9 Å². The Hall–Kier alpha value is -6.08. The Morgan fingerprint density at radius 1 is 0.623 bits per heavy atom. The highest BCUT2D eigenvalue weighted by atomic mass is 35.5. The normalized spacial score (nSPS) is 10.5. The summed E-state index contributed by atoms with van der Waals surface area (Å²) in [6.45, 7) is 11.4. The minimum atomic E-state index is -0.340. The molecule has 13 nitrogen and oxygen atoms in total. The molecule has 0 fully saturated rings. The maximum Gasteiger partial charge on any atom is 0.400 e. The van der Waals surface area contributed by atoms with Crippen LogP contribution in [0.3, 0.4) is 0 Å². The molecule has 0 saturated carbocycles. The molecule has 1 N–H and O–H groups in total. The van der Waals surface area contributed by atoms with Gasteiger partial charge < -0.3 is 37.1 Å². The van der Waals surface area contributed by atoms with Crippen molar-refractivity contribution < 1.29 is 23.4 Å². The number of pyridine rings is 3. The number of aromatic nitrogens is 5. The van der Waals surface area contributed by atoms with E-state index in [1.807, 2.05) is 84.0 Å². The molecule has 7 rings (SSSR count). The molecule has 5 heterocycles. The number of halogens is 1. The van der Waals surface area contributed by atoms with Gasteiger partial charge in [0.05, 0.1) is 7.11 Å². The monoisotopic (exact) mass is 743 g/mol. The highest BCUT2D eigenvalue weighted by Crippen LogP contribution is 2.24. The van der Waals surface area contributed by atoms with Crippen molar-refractivity contribution in [1.29, 1.82) is 0 Å². The molecule has 0 spiro atoms. The number of fused-ring (bicyclic) bond motifs is 2.